The van der Waals surface area contributed by atoms with Gasteiger partial charge < -0.3 is 42.0 Å². The molecule has 1 saturated carbocycles. The number of nitrogens with two attached hydrogens (primary N) is 1. The number of primary amides is 1. The molecule has 0 aromatic heterocycles. The third kappa shape index (κ3) is 13.7. The first-order valence-corrected chi connectivity index (χ1v) is 19.1. The topological polar surface area (TPSA) is 293 Å². The molecule has 1 fully saturated rings. The third-order valence-electron chi connectivity index (χ3n) is 9.64. The Hall–Kier alpha value is -7.31. The lowest BCUT2D eigenvalue weighted by atomic mass is 9.67. The summed E-state index contributed by atoms with van der Waals surface area (Å²) in [5.41, 5.74) is 5.57. The van der Waals surface area contributed by atoms with E-state index < -0.39 is 53.2 Å². The number of urea groups is 1. The minimum absolute atomic E-state index is 0.0979. The number of nitrogens with zero attached hydrogens (tertiary/aromatic N) is 1. The summed E-state index contributed by atoms with van der Waals surface area (Å²) in [6.45, 7) is 0.478. The molecule has 0 saturated heterocycles. The molecule has 19 heteroatoms. The van der Waals surface area contributed by atoms with Crippen molar-refractivity contribution in [2.24, 2.45) is 11.1 Å². The number of anilines is 2. The van der Waals surface area contributed by atoms with Crippen LogP contribution < -0.4 is 32.3 Å². The molecule has 2 aromatic rings. The molecule has 1 aliphatic heterocycles. The molecule has 8 amide bonds. The molecular formula is C41H47N7O12. The van der Waals surface area contributed by atoms with Crippen molar-refractivity contribution in [2.75, 3.05) is 30.3 Å². The summed E-state index contributed by atoms with van der Waals surface area (Å²) in [6.07, 6.45) is 9.20. The molecule has 318 valence electrons. The Kier molecular flexibility index (Phi) is 16.6. The van der Waals surface area contributed by atoms with E-state index in [0.29, 0.717) is 48.1 Å². The monoisotopic (exact) mass is 829 g/mol. The van der Waals surface area contributed by atoms with Crippen molar-refractivity contribution in [1.82, 2.24) is 20.9 Å². The maximum atomic E-state index is 13.7. The number of ether oxygens (including phenoxy) is 1. The van der Waals surface area contributed by atoms with Gasteiger partial charge in [-0.2, -0.15) is 0 Å². The van der Waals surface area contributed by atoms with Crippen molar-refractivity contribution in [3.8, 4) is 0 Å². The standard InChI is InChI=1S/C41H47N7O12/c42-39(58)44-22-4-6-30(46-38(57)41(19-5-20-41)37(56)43-21-2-1-3-23-48-32(49)15-16-33(48)50)36(55)45-29-13-8-27(9-14-29)25-60-40(59)47-31-24-26(10-17-34(51)52)7-11-28(31)12-18-35(53)54/h7-18,24,30H,1-6,19-23,25H2,(H,43,56)(H,45,55)(H,46,57)(H,47,59)(H,51,52)(H,53,54)(H3,42,44,58). The van der Waals surface area contributed by atoms with Crippen LogP contribution in [0.4, 0.5) is 21.0 Å². The molecule has 4 rings (SSSR count). The Morgan fingerprint density at radius 2 is 1.47 bits per heavy atom. The highest BCUT2D eigenvalue weighted by Gasteiger charge is 2.51. The Labute approximate surface area is 344 Å². The summed E-state index contributed by atoms with van der Waals surface area (Å²) < 4.78 is 5.33. The summed E-state index contributed by atoms with van der Waals surface area (Å²) in [6, 6.07) is 8.91. The van der Waals surface area contributed by atoms with Crippen LogP contribution in [0.15, 0.2) is 66.8 Å². The zero-order chi connectivity index (χ0) is 43.7. The number of carbonyl (C=O) groups is 9. The highest BCUT2D eigenvalue weighted by Crippen LogP contribution is 2.41. The van der Waals surface area contributed by atoms with Crippen molar-refractivity contribution in [2.45, 2.75) is 64.0 Å². The maximum Gasteiger partial charge on any atom is 0.411 e. The number of amides is 8. The molecule has 9 N–H and O–H groups in total. The van der Waals surface area contributed by atoms with Crippen LogP contribution in [-0.2, 0) is 44.9 Å². The first-order chi connectivity index (χ1) is 28.7. The maximum absolute atomic E-state index is 13.7. The summed E-state index contributed by atoms with van der Waals surface area (Å²) >= 11 is 0. The molecule has 1 atom stereocenters. The predicted molar refractivity (Wildman–Crippen MR) is 216 cm³/mol. The summed E-state index contributed by atoms with van der Waals surface area (Å²) in [5, 5.41) is 31.2. The van der Waals surface area contributed by atoms with E-state index in [1.165, 1.54) is 42.5 Å². The second kappa shape index (κ2) is 22.0. The van der Waals surface area contributed by atoms with Crippen molar-refractivity contribution in [1.29, 1.82) is 0 Å². The van der Waals surface area contributed by atoms with Gasteiger partial charge in [0, 0.05) is 49.6 Å². The van der Waals surface area contributed by atoms with Gasteiger partial charge in [0.2, 0.25) is 17.7 Å². The molecule has 1 unspecified atom stereocenters. The number of carboxylic acids is 2. The molecular weight excluding hydrogens is 782 g/mol. The zero-order valence-corrected chi connectivity index (χ0v) is 32.6. The lowest BCUT2D eigenvalue weighted by Crippen LogP contribution is -2.58. The van der Waals surface area contributed by atoms with Crippen LogP contribution in [0.2, 0.25) is 0 Å². The molecule has 60 heavy (non-hydrogen) atoms. The van der Waals surface area contributed by atoms with Gasteiger partial charge in [0.1, 0.15) is 18.1 Å². The van der Waals surface area contributed by atoms with Crippen molar-refractivity contribution in [3.63, 3.8) is 0 Å². The molecule has 0 bridgehead atoms. The van der Waals surface area contributed by atoms with E-state index in [1.54, 1.807) is 24.3 Å². The summed E-state index contributed by atoms with van der Waals surface area (Å²) in [5.74, 6) is -4.75. The highest BCUT2D eigenvalue weighted by molar-refractivity contribution is 6.13. The van der Waals surface area contributed by atoms with Gasteiger partial charge in [0.25, 0.3) is 11.8 Å². The Morgan fingerprint density at radius 1 is 0.800 bits per heavy atom. The number of hydrogen-bond donors (Lipinski definition) is 8. The largest absolute Gasteiger partial charge is 0.478 e. The van der Waals surface area contributed by atoms with Gasteiger partial charge in [-0.05, 0) is 92.0 Å². The fourth-order valence-corrected chi connectivity index (χ4v) is 6.23. The number of hydrogen-bond acceptors (Lipinski definition) is 10. The van der Waals surface area contributed by atoms with Gasteiger partial charge in [-0.1, -0.05) is 30.7 Å². The van der Waals surface area contributed by atoms with E-state index in [0.717, 1.165) is 17.1 Å². The Bertz CT molecular complexity index is 2040. The van der Waals surface area contributed by atoms with Gasteiger partial charge in [0.15, 0.2) is 0 Å². The van der Waals surface area contributed by atoms with Gasteiger partial charge in [-0.15, -0.1) is 0 Å². The minimum atomic E-state index is -1.37. The smallest absolute Gasteiger partial charge is 0.411 e. The highest BCUT2D eigenvalue weighted by atomic mass is 16.5. The molecule has 19 nitrogen and oxygen atoms in total. The second-order valence-corrected chi connectivity index (χ2v) is 14.0. The molecule has 0 spiro atoms. The van der Waals surface area contributed by atoms with Crippen LogP contribution in [0.5, 0.6) is 0 Å². The minimum Gasteiger partial charge on any atom is -0.478 e. The number of nitrogens with one attached hydrogen (secondary N) is 5. The van der Waals surface area contributed by atoms with Gasteiger partial charge >= 0.3 is 24.1 Å². The number of imide groups is 1. The quantitative estimate of drug-likeness (QED) is 0.0368. The summed E-state index contributed by atoms with van der Waals surface area (Å²) in [4.78, 5) is 111. The molecule has 1 heterocycles. The van der Waals surface area contributed by atoms with Crippen molar-refractivity contribution in [3.05, 3.63) is 83.5 Å². The summed E-state index contributed by atoms with van der Waals surface area (Å²) in [7, 11) is 0. The predicted octanol–water partition coefficient (Wildman–Crippen LogP) is 2.88. The van der Waals surface area contributed by atoms with Crippen LogP contribution in [0.25, 0.3) is 12.2 Å². The van der Waals surface area contributed by atoms with Crippen LogP contribution in [0, 0.1) is 5.41 Å². The van der Waals surface area contributed by atoms with Gasteiger partial charge in [-0.25, -0.2) is 19.2 Å². The van der Waals surface area contributed by atoms with E-state index >= 15 is 0 Å². The number of carbonyl (C=O) groups excluding carboxylic acids is 7. The van der Waals surface area contributed by atoms with Crippen LogP contribution in [0.1, 0.15) is 68.1 Å². The Balaban J connectivity index is 1.32. The second-order valence-electron chi connectivity index (χ2n) is 14.0. The molecule has 0 radical (unpaired) electrons. The van der Waals surface area contributed by atoms with E-state index in [1.807, 2.05) is 0 Å². The number of aliphatic carboxylic acids is 2. The fourth-order valence-electron chi connectivity index (χ4n) is 6.23. The average molecular weight is 830 g/mol. The fraction of sp³-hybridized carbons (Fsp3) is 0.341. The lowest BCUT2D eigenvalue weighted by molar-refractivity contribution is -0.151. The van der Waals surface area contributed by atoms with Crippen molar-refractivity contribution >= 4 is 77.1 Å². The van der Waals surface area contributed by atoms with Gasteiger partial charge in [-0.3, -0.25) is 34.2 Å². The Morgan fingerprint density at radius 3 is 2.10 bits per heavy atom. The van der Waals surface area contributed by atoms with E-state index in [4.69, 9.17) is 20.7 Å². The SMILES string of the molecule is NC(=O)NCCCC(NC(=O)C1(C(=O)NCCCCCN2C(=O)C=CC2=O)CCC1)C(=O)Nc1ccc(COC(=O)Nc2cc(C=CC(=O)O)ccc2C=CC(=O)O)cc1. The van der Waals surface area contributed by atoms with Gasteiger partial charge in [0.05, 0.1) is 5.69 Å². The molecule has 2 aliphatic rings. The lowest BCUT2D eigenvalue weighted by Gasteiger charge is -2.39. The normalized spacial score (nSPS) is 14.6. The van der Waals surface area contributed by atoms with E-state index in [-0.39, 0.29) is 69.4 Å². The molecule has 2 aromatic carbocycles. The average Bonchev–Trinajstić information content (AvgIpc) is 3.50. The van der Waals surface area contributed by atoms with Crippen LogP contribution in [-0.4, -0.2) is 94.4 Å². The number of rotatable bonds is 22. The first-order valence-electron chi connectivity index (χ1n) is 19.1. The van der Waals surface area contributed by atoms with Crippen LogP contribution in [0.3, 0.4) is 0 Å². The van der Waals surface area contributed by atoms with Crippen LogP contribution >= 0.6 is 0 Å². The zero-order valence-electron chi connectivity index (χ0n) is 32.6. The number of benzene rings is 2. The first kappa shape index (κ1) is 45.4. The number of carboxylic acid groups (broad SMARTS) is 2. The number of unbranched alkanes of at least 4 members (excludes halogenated alkanes) is 2. The van der Waals surface area contributed by atoms with E-state index in [9.17, 15) is 43.2 Å². The van der Waals surface area contributed by atoms with E-state index in [2.05, 4.69) is 26.6 Å². The van der Waals surface area contributed by atoms with Crippen molar-refractivity contribution < 1.29 is 58.1 Å². The third-order valence-corrected chi connectivity index (χ3v) is 9.64. The molecule has 1 aliphatic carbocycles.